The van der Waals surface area contributed by atoms with Gasteiger partial charge in [-0.15, -0.1) is 0 Å². The maximum atomic E-state index is 14.6. The summed E-state index contributed by atoms with van der Waals surface area (Å²) in [5, 5.41) is 2.92. The van der Waals surface area contributed by atoms with E-state index < -0.39 is 34.3 Å². The monoisotopic (exact) mass is 675 g/mol. The summed E-state index contributed by atoms with van der Waals surface area (Å²) in [5.41, 5.74) is 2.66. The van der Waals surface area contributed by atoms with Crippen molar-refractivity contribution in [1.29, 1.82) is 0 Å². The van der Waals surface area contributed by atoms with Crippen molar-refractivity contribution in [3.05, 3.63) is 131 Å². The molecule has 1 fully saturated rings. The van der Waals surface area contributed by atoms with E-state index in [9.17, 15) is 22.4 Å². The molecule has 47 heavy (non-hydrogen) atoms. The molecule has 10 heteroatoms. The topological polar surface area (TPSA) is 86.8 Å². The fourth-order valence-electron chi connectivity index (χ4n) is 5.99. The van der Waals surface area contributed by atoms with Crippen LogP contribution in [0, 0.1) is 12.7 Å². The Labute approximate surface area is 281 Å². The normalized spacial score (nSPS) is 14.3. The molecule has 0 spiro atoms. The van der Waals surface area contributed by atoms with E-state index in [1.165, 1.54) is 29.2 Å². The summed E-state index contributed by atoms with van der Waals surface area (Å²) in [4.78, 5) is 30.2. The summed E-state index contributed by atoms with van der Waals surface area (Å²) in [6, 6.07) is 27.4. The zero-order chi connectivity index (χ0) is 33.4. The zero-order valence-corrected chi connectivity index (χ0v) is 27.9. The van der Waals surface area contributed by atoms with Crippen LogP contribution in [0.4, 0.5) is 10.1 Å². The molecule has 0 aliphatic heterocycles. The molecule has 1 aliphatic carbocycles. The molecule has 0 heterocycles. The molecule has 0 radical (unpaired) electrons. The van der Waals surface area contributed by atoms with Crippen LogP contribution < -0.4 is 9.62 Å². The molecule has 4 aromatic carbocycles. The first kappa shape index (κ1) is 34.1. The van der Waals surface area contributed by atoms with Gasteiger partial charge in [-0.25, -0.2) is 12.8 Å². The van der Waals surface area contributed by atoms with E-state index in [-0.39, 0.29) is 40.5 Å². The van der Waals surface area contributed by atoms with Crippen LogP contribution in [0.25, 0.3) is 0 Å². The Balaban J connectivity index is 1.57. The minimum atomic E-state index is -4.32. The molecule has 246 valence electrons. The molecule has 0 unspecified atom stereocenters. The predicted octanol–water partition coefficient (Wildman–Crippen LogP) is 7.07. The summed E-state index contributed by atoms with van der Waals surface area (Å²) >= 11 is 6.11. The fourth-order valence-corrected chi connectivity index (χ4v) is 7.60. The van der Waals surface area contributed by atoms with Crippen molar-refractivity contribution in [2.45, 2.75) is 69.0 Å². The summed E-state index contributed by atoms with van der Waals surface area (Å²) in [5.74, 6) is -1.60. The van der Waals surface area contributed by atoms with E-state index in [4.69, 9.17) is 11.6 Å². The Kier molecular flexibility index (Phi) is 11.3. The molecule has 0 saturated heterocycles. The number of nitrogens with zero attached hydrogens (tertiary/aromatic N) is 2. The predicted molar refractivity (Wildman–Crippen MR) is 183 cm³/mol. The number of benzene rings is 4. The van der Waals surface area contributed by atoms with Crippen LogP contribution in [0.1, 0.15) is 48.8 Å². The van der Waals surface area contributed by atoms with Gasteiger partial charge in [0.1, 0.15) is 18.4 Å². The maximum Gasteiger partial charge on any atom is 0.264 e. The molecule has 1 aliphatic rings. The van der Waals surface area contributed by atoms with Gasteiger partial charge < -0.3 is 10.2 Å². The van der Waals surface area contributed by atoms with Crippen molar-refractivity contribution < 1.29 is 22.4 Å². The first-order chi connectivity index (χ1) is 22.6. The number of hydrogen-bond acceptors (Lipinski definition) is 4. The number of anilines is 1. The second kappa shape index (κ2) is 15.6. The van der Waals surface area contributed by atoms with Gasteiger partial charge in [-0.05, 0) is 61.2 Å². The summed E-state index contributed by atoms with van der Waals surface area (Å²) in [6.07, 6.45) is 5.12. The second-order valence-electron chi connectivity index (χ2n) is 12.0. The van der Waals surface area contributed by atoms with Crippen molar-refractivity contribution in [3.63, 3.8) is 0 Å². The highest BCUT2D eigenvalue weighted by Crippen LogP contribution is 2.29. The molecule has 2 amide bonds. The summed E-state index contributed by atoms with van der Waals surface area (Å²) < 4.78 is 43.3. The van der Waals surface area contributed by atoms with Crippen LogP contribution in [0.3, 0.4) is 0 Å². The number of amides is 2. The highest BCUT2D eigenvalue weighted by atomic mass is 35.5. The maximum absolute atomic E-state index is 14.6. The summed E-state index contributed by atoms with van der Waals surface area (Å²) in [7, 11) is -4.32. The van der Waals surface area contributed by atoms with Gasteiger partial charge in [-0.2, -0.15) is 0 Å². The Morgan fingerprint density at radius 2 is 1.53 bits per heavy atom. The number of carbonyl (C=O) groups is 2. The SMILES string of the molecule is Cc1cccc(CN(C(=O)CN(c2ccc(F)c(Cl)c2)S(=O)(=O)c2ccccc2)[C@@H](Cc2ccccc2)C(=O)NC2CCCCC2)c1. The smallest absolute Gasteiger partial charge is 0.264 e. The minimum Gasteiger partial charge on any atom is -0.352 e. The van der Waals surface area contributed by atoms with Crippen LogP contribution in [-0.4, -0.2) is 43.8 Å². The first-order valence-corrected chi connectivity index (χ1v) is 17.7. The number of nitrogens with one attached hydrogen (secondary N) is 1. The molecule has 1 atom stereocenters. The highest BCUT2D eigenvalue weighted by molar-refractivity contribution is 7.92. The van der Waals surface area contributed by atoms with Crippen molar-refractivity contribution in [3.8, 4) is 0 Å². The first-order valence-electron chi connectivity index (χ1n) is 15.8. The Hall–Kier alpha value is -4.21. The third kappa shape index (κ3) is 8.78. The van der Waals surface area contributed by atoms with Gasteiger partial charge in [0.05, 0.1) is 15.6 Å². The number of carbonyl (C=O) groups excluding carboxylic acids is 2. The number of hydrogen-bond donors (Lipinski definition) is 1. The van der Waals surface area contributed by atoms with Gasteiger partial charge >= 0.3 is 0 Å². The lowest BCUT2D eigenvalue weighted by molar-refractivity contribution is -0.140. The number of rotatable bonds is 12. The van der Waals surface area contributed by atoms with Crippen LogP contribution in [-0.2, 0) is 32.6 Å². The van der Waals surface area contributed by atoms with E-state index in [1.54, 1.807) is 18.2 Å². The van der Waals surface area contributed by atoms with Crippen LogP contribution >= 0.6 is 11.6 Å². The van der Waals surface area contributed by atoms with Crippen LogP contribution in [0.5, 0.6) is 0 Å². The zero-order valence-electron chi connectivity index (χ0n) is 26.3. The van der Waals surface area contributed by atoms with Crippen molar-refractivity contribution in [1.82, 2.24) is 10.2 Å². The Bertz CT molecular complexity index is 1780. The molecule has 4 aromatic rings. The highest BCUT2D eigenvalue weighted by Gasteiger charge is 2.35. The van der Waals surface area contributed by atoms with Crippen molar-refractivity contribution in [2.75, 3.05) is 10.8 Å². The van der Waals surface area contributed by atoms with Gasteiger partial charge in [-0.3, -0.25) is 13.9 Å². The van der Waals surface area contributed by atoms with Crippen LogP contribution in [0.15, 0.2) is 108 Å². The molecular weight excluding hydrogens is 637 g/mol. The lowest BCUT2D eigenvalue weighted by Crippen LogP contribution is -2.55. The van der Waals surface area contributed by atoms with E-state index in [0.717, 1.165) is 59.2 Å². The second-order valence-corrected chi connectivity index (χ2v) is 14.3. The Morgan fingerprint density at radius 3 is 2.19 bits per heavy atom. The average Bonchev–Trinajstić information content (AvgIpc) is 3.07. The molecule has 1 saturated carbocycles. The van der Waals surface area contributed by atoms with E-state index in [1.807, 2.05) is 61.5 Å². The lowest BCUT2D eigenvalue weighted by Gasteiger charge is -2.35. The number of aryl methyl sites for hydroxylation is 1. The lowest BCUT2D eigenvalue weighted by atomic mass is 9.94. The van der Waals surface area contributed by atoms with E-state index >= 15 is 0 Å². The van der Waals surface area contributed by atoms with E-state index in [0.29, 0.717) is 0 Å². The van der Waals surface area contributed by atoms with Gasteiger partial charge in [0.25, 0.3) is 10.0 Å². The third-order valence-electron chi connectivity index (χ3n) is 8.46. The molecule has 5 rings (SSSR count). The van der Waals surface area contributed by atoms with Gasteiger partial charge in [0, 0.05) is 19.0 Å². The van der Waals surface area contributed by atoms with Crippen LogP contribution in [0.2, 0.25) is 5.02 Å². The quantitative estimate of drug-likeness (QED) is 0.174. The Morgan fingerprint density at radius 1 is 0.872 bits per heavy atom. The van der Waals surface area contributed by atoms with Gasteiger partial charge in [0.15, 0.2) is 0 Å². The minimum absolute atomic E-state index is 0.00163. The molecular formula is C37H39ClFN3O4S. The largest absolute Gasteiger partial charge is 0.352 e. The average molecular weight is 676 g/mol. The molecule has 7 nitrogen and oxygen atoms in total. The third-order valence-corrected chi connectivity index (χ3v) is 10.5. The van der Waals surface area contributed by atoms with E-state index in [2.05, 4.69) is 5.32 Å². The number of halogens is 2. The standard InChI is InChI=1S/C37H39ClFN3O4S/c1-27-12-11-15-29(22-27)25-41(35(23-28-13-5-2-6-14-28)37(44)40-30-16-7-3-8-17-30)36(43)26-42(31-20-21-34(39)33(38)24-31)47(45,46)32-18-9-4-10-19-32/h2,4-6,9-15,18-22,24,30,35H,3,7-8,16-17,23,25-26H2,1H3,(H,40,44)/t35-/m0/s1. The van der Waals surface area contributed by atoms with Crippen molar-refractivity contribution in [2.24, 2.45) is 0 Å². The van der Waals surface area contributed by atoms with Gasteiger partial charge in [-0.1, -0.05) is 109 Å². The molecule has 1 N–H and O–H groups in total. The fraction of sp³-hybridized carbons (Fsp3) is 0.297. The molecule has 0 aromatic heterocycles. The molecule has 0 bridgehead atoms. The summed E-state index contributed by atoms with van der Waals surface area (Å²) in [6.45, 7) is 1.37. The van der Waals surface area contributed by atoms with Crippen molar-refractivity contribution >= 4 is 39.1 Å². The van der Waals surface area contributed by atoms with Gasteiger partial charge in [0.2, 0.25) is 11.8 Å². The number of sulfonamides is 1.